The van der Waals surface area contributed by atoms with Crippen molar-refractivity contribution in [3.8, 4) is 11.4 Å². The van der Waals surface area contributed by atoms with Crippen LogP contribution in [0.5, 0.6) is 0 Å². The third kappa shape index (κ3) is 4.20. The minimum Gasteiger partial charge on any atom is -0.348 e. The Kier molecular flexibility index (Phi) is 5.02. The van der Waals surface area contributed by atoms with Gasteiger partial charge in [-0.05, 0) is 23.8 Å². The highest BCUT2D eigenvalue weighted by atomic mass is 19.4. The summed E-state index contributed by atoms with van der Waals surface area (Å²) in [6, 6.07) is 8.16. The summed E-state index contributed by atoms with van der Waals surface area (Å²) in [4.78, 5) is 34.7. The highest BCUT2D eigenvalue weighted by Gasteiger charge is 2.32. The van der Waals surface area contributed by atoms with E-state index in [0.29, 0.717) is 5.56 Å². The predicted octanol–water partition coefficient (Wildman–Crippen LogP) is 2.78. The van der Waals surface area contributed by atoms with Crippen molar-refractivity contribution in [2.45, 2.75) is 12.7 Å². The van der Waals surface area contributed by atoms with Crippen LogP contribution < -0.4 is 10.9 Å². The zero-order valence-corrected chi connectivity index (χ0v) is 13.7. The first-order chi connectivity index (χ1) is 12.9. The van der Waals surface area contributed by atoms with Gasteiger partial charge in [-0.2, -0.15) is 13.2 Å². The van der Waals surface area contributed by atoms with E-state index in [1.54, 1.807) is 12.1 Å². The molecule has 0 unspecified atom stereocenters. The molecule has 27 heavy (non-hydrogen) atoms. The van der Waals surface area contributed by atoms with Crippen molar-refractivity contribution in [3.05, 3.63) is 82.0 Å². The number of nitrogens with one attached hydrogen (secondary N) is 2. The second kappa shape index (κ2) is 7.40. The Labute approximate surface area is 151 Å². The van der Waals surface area contributed by atoms with Gasteiger partial charge in [-0.1, -0.05) is 18.2 Å². The van der Waals surface area contributed by atoms with Crippen LogP contribution in [0.4, 0.5) is 13.2 Å². The molecule has 0 aliphatic rings. The lowest BCUT2D eigenvalue weighted by molar-refractivity contribution is -0.138. The van der Waals surface area contributed by atoms with E-state index in [9.17, 15) is 22.8 Å². The molecule has 1 amide bonds. The number of hydrogen-bond donors (Lipinski definition) is 2. The highest BCUT2D eigenvalue weighted by molar-refractivity contribution is 5.93. The molecule has 0 saturated heterocycles. The molecule has 2 aromatic heterocycles. The molecule has 3 rings (SSSR count). The van der Waals surface area contributed by atoms with Crippen LogP contribution in [-0.4, -0.2) is 20.9 Å². The van der Waals surface area contributed by atoms with Crippen LogP contribution in [0.25, 0.3) is 11.4 Å². The number of nitrogens with zero attached hydrogens (tertiary/aromatic N) is 2. The van der Waals surface area contributed by atoms with Gasteiger partial charge in [0.15, 0.2) is 0 Å². The number of amides is 1. The Morgan fingerprint density at radius 1 is 1.11 bits per heavy atom. The maximum Gasteiger partial charge on any atom is 0.416 e. The van der Waals surface area contributed by atoms with Crippen molar-refractivity contribution < 1.29 is 18.0 Å². The van der Waals surface area contributed by atoms with Crippen molar-refractivity contribution in [1.29, 1.82) is 0 Å². The lowest BCUT2D eigenvalue weighted by Crippen LogP contribution is -2.30. The van der Waals surface area contributed by atoms with Crippen LogP contribution in [0.3, 0.4) is 0 Å². The number of alkyl halides is 3. The third-order valence-corrected chi connectivity index (χ3v) is 3.76. The van der Waals surface area contributed by atoms with Crippen LogP contribution in [0.1, 0.15) is 21.5 Å². The summed E-state index contributed by atoms with van der Waals surface area (Å²) in [7, 11) is 0. The van der Waals surface area contributed by atoms with Crippen molar-refractivity contribution in [2.75, 3.05) is 0 Å². The molecule has 6 nitrogen and oxygen atoms in total. The van der Waals surface area contributed by atoms with E-state index in [0.717, 1.165) is 12.3 Å². The van der Waals surface area contributed by atoms with Gasteiger partial charge in [0.05, 0.1) is 5.56 Å². The number of carbonyl (C=O) groups is 1. The van der Waals surface area contributed by atoms with E-state index in [4.69, 9.17) is 0 Å². The average molecular weight is 374 g/mol. The molecular weight excluding hydrogens is 361 g/mol. The SMILES string of the molecule is O=C(NCc1ccccc1C(F)(F)F)c1cnc(-c2ccncc2)[nH]c1=O. The van der Waals surface area contributed by atoms with E-state index >= 15 is 0 Å². The summed E-state index contributed by atoms with van der Waals surface area (Å²) >= 11 is 0. The van der Waals surface area contributed by atoms with Crippen molar-refractivity contribution in [1.82, 2.24) is 20.3 Å². The molecule has 0 aliphatic heterocycles. The first-order valence-corrected chi connectivity index (χ1v) is 7.79. The van der Waals surface area contributed by atoms with Gasteiger partial charge in [-0.15, -0.1) is 0 Å². The fourth-order valence-corrected chi connectivity index (χ4v) is 2.43. The second-order valence-electron chi connectivity index (χ2n) is 5.55. The fraction of sp³-hybridized carbons (Fsp3) is 0.111. The van der Waals surface area contributed by atoms with Gasteiger partial charge >= 0.3 is 6.18 Å². The maximum atomic E-state index is 13.0. The Morgan fingerprint density at radius 2 is 1.81 bits per heavy atom. The molecule has 0 saturated carbocycles. The molecule has 0 aliphatic carbocycles. The van der Waals surface area contributed by atoms with E-state index in [1.165, 1.54) is 30.6 Å². The Balaban J connectivity index is 1.77. The average Bonchev–Trinajstić information content (AvgIpc) is 2.66. The summed E-state index contributed by atoms with van der Waals surface area (Å²) in [6.45, 7) is -0.375. The van der Waals surface area contributed by atoms with Crippen molar-refractivity contribution in [2.24, 2.45) is 0 Å². The number of halogens is 3. The number of aromatic nitrogens is 3. The molecular formula is C18H13F3N4O2. The molecule has 2 heterocycles. The van der Waals surface area contributed by atoms with Gasteiger partial charge in [0, 0.05) is 30.7 Å². The smallest absolute Gasteiger partial charge is 0.348 e. The molecule has 3 aromatic rings. The van der Waals surface area contributed by atoms with E-state index in [2.05, 4.69) is 20.3 Å². The minimum absolute atomic E-state index is 0.101. The fourth-order valence-electron chi connectivity index (χ4n) is 2.43. The molecule has 0 bridgehead atoms. The molecule has 1 aromatic carbocycles. The van der Waals surface area contributed by atoms with Crippen LogP contribution in [-0.2, 0) is 12.7 Å². The number of benzene rings is 1. The van der Waals surface area contributed by atoms with E-state index in [1.807, 2.05) is 0 Å². The molecule has 0 atom stereocenters. The lowest BCUT2D eigenvalue weighted by Gasteiger charge is -2.13. The first-order valence-electron chi connectivity index (χ1n) is 7.79. The molecule has 138 valence electrons. The van der Waals surface area contributed by atoms with Crippen LogP contribution in [0.15, 0.2) is 59.8 Å². The molecule has 0 fully saturated rings. The van der Waals surface area contributed by atoms with Gasteiger partial charge in [0.1, 0.15) is 11.4 Å². The van der Waals surface area contributed by atoms with Crippen LogP contribution in [0, 0.1) is 0 Å². The number of H-pyrrole nitrogens is 1. The number of pyridine rings is 1. The number of carbonyl (C=O) groups excluding carboxylic acids is 1. The Bertz CT molecular complexity index is 1020. The summed E-state index contributed by atoms with van der Waals surface area (Å²) in [5.41, 5.74) is -1.33. The van der Waals surface area contributed by atoms with Crippen LogP contribution in [0.2, 0.25) is 0 Å². The molecule has 2 N–H and O–H groups in total. The molecule has 0 spiro atoms. The second-order valence-corrected chi connectivity index (χ2v) is 5.55. The lowest BCUT2D eigenvalue weighted by atomic mass is 10.1. The Morgan fingerprint density at radius 3 is 2.48 bits per heavy atom. The quantitative estimate of drug-likeness (QED) is 0.735. The van der Waals surface area contributed by atoms with Gasteiger partial charge in [0.25, 0.3) is 11.5 Å². The van der Waals surface area contributed by atoms with E-state index < -0.39 is 23.2 Å². The van der Waals surface area contributed by atoms with Gasteiger partial charge in [-0.25, -0.2) is 4.98 Å². The van der Waals surface area contributed by atoms with Crippen molar-refractivity contribution >= 4 is 5.91 Å². The minimum atomic E-state index is -4.54. The third-order valence-electron chi connectivity index (χ3n) is 3.76. The molecule has 9 heteroatoms. The normalized spacial score (nSPS) is 11.2. The molecule has 0 radical (unpaired) electrons. The predicted molar refractivity (Wildman–Crippen MR) is 90.7 cm³/mol. The monoisotopic (exact) mass is 374 g/mol. The number of hydrogen-bond acceptors (Lipinski definition) is 4. The topological polar surface area (TPSA) is 87.7 Å². The first kappa shape index (κ1) is 18.3. The number of aromatic amines is 1. The van der Waals surface area contributed by atoms with Crippen LogP contribution >= 0.6 is 0 Å². The van der Waals surface area contributed by atoms with Gasteiger partial charge in [-0.3, -0.25) is 14.6 Å². The summed E-state index contributed by atoms with van der Waals surface area (Å²) in [5, 5.41) is 2.32. The standard InChI is InChI=1S/C18H13F3N4O2/c19-18(20,21)14-4-2-1-3-12(14)9-24-16(26)13-10-23-15(25-17(13)27)11-5-7-22-8-6-11/h1-8,10H,9H2,(H,24,26)(H,23,25,27). The van der Waals surface area contributed by atoms with Gasteiger partial charge in [0.2, 0.25) is 0 Å². The van der Waals surface area contributed by atoms with Gasteiger partial charge < -0.3 is 10.3 Å². The summed E-state index contributed by atoms with van der Waals surface area (Å²) < 4.78 is 39.0. The van der Waals surface area contributed by atoms with E-state index in [-0.39, 0.29) is 23.5 Å². The maximum absolute atomic E-state index is 13.0. The largest absolute Gasteiger partial charge is 0.416 e. The zero-order chi connectivity index (χ0) is 19.4. The van der Waals surface area contributed by atoms with Crippen molar-refractivity contribution in [3.63, 3.8) is 0 Å². The number of rotatable bonds is 4. The Hall–Kier alpha value is -3.49. The zero-order valence-electron chi connectivity index (χ0n) is 13.7. The highest BCUT2D eigenvalue weighted by Crippen LogP contribution is 2.31. The summed E-state index contributed by atoms with van der Waals surface area (Å²) in [5.74, 6) is -0.566. The summed E-state index contributed by atoms with van der Waals surface area (Å²) in [6.07, 6.45) is -0.409.